The molecule has 2 atom stereocenters. The van der Waals surface area contributed by atoms with E-state index >= 15 is 0 Å². The van der Waals surface area contributed by atoms with Crippen molar-refractivity contribution in [1.29, 1.82) is 0 Å². The largest absolute Gasteiger partial charge is 0.354 e. The van der Waals surface area contributed by atoms with Gasteiger partial charge >= 0.3 is 5.69 Å². The molecule has 2 saturated heterocycles. The second kappa shape index (κ2) is 5.40. The maximum atomic E-state index is 13.7. The summed E-state index contributed by atoms with van der Waals surface area (Å²) >= 11 is 0. The minimum absolute atomic E-state index is 0.0154. The van der Waals surface area contributed by atoms with E-state index in [-0.39, 0.29) is 17.9 Å². The molecule has 1 aromatic carbocycles. The zero-order chi connectivity index (χ0) is 15.0. The fraction of sp³-hybridized carbons (Fsp3) is 0.500. The molecule has 2 unspecified atom stereocenters. The quantitative estimate of drug-likeness (QED) is 0.676. The maximum Gasteiger partial charge on any atom is 0.304 e. The topological polar surface area (TPSA) is 75.5 Å². The number of benzene rings is 1. The molecule has 21 heavy (non-hydrogen) atoms. The minimum Gasteiger partial charge on any atom is -0.354 e. The van der Waals surface area contributed by atoms with E-state index in [1.54, 1.807) is 6.07 Å². The molecule has 1 amide bonds. The Kier molecular flexibility index (Phi) is 3.59. The Morgan fingerprint density at radius 2 is 2.29 bits per heavy atom. The zero-order valence-corrected chi connectivity index (χ0v) is 11.4. The molecule has 1 N–H and O–H groups in total. The van der Waals surface area contributed by atoms with Crippen LogP contribution in [0, 0.1) is 21.8 Å². The molecule has 1 aromatic rings. The highest BCUT2D eigenvalue weighted by Gasteiger charge is 2.40. The Labute approximate surface area is 121 Å². The van der Waals surface area contributed by atoms with Crippen LogP contribution >= 0.6 is 0 Å². The zero-order valence-electron chi connectivity index (χ0n) is 11.4. The lowest BCUT2D eigenvalue weighted by Crippen LogP contribution is -2.44. The molecule has 2 heterocycles. The van der Waals surface area contributed by atoms with Gasteiger partial charge in [0.25, 0.3) is 0 Å². The van der Waals surface area contributed by atoms with Crippen molar-refractivity contribution in [3.8, 4) is 0 Å². The standard InChI is InChI=1S/C14H16FN3O3/c15-11-6-9(3-4-12(11)18(20)21)8-17-5-1-2-10-13(17)7-16-14(10)19/h3-4,6,10,13H,1-2,5,7-8H2,(H,16,19). The lowest BCUT2D eigenvalue weighted by Gasteiger charge is -2.35. The van der Waals surface area contributed by atoms with Crippen molar-refractivity contribution in [3.05, 3.63) is 39.7 Å². The summed E-state index contributed by atoms with van der Waals surface area (Å²) in [6, 6.07) is 4.13. The van der Waals surface area contributed by atoms with Crippen LogP contribution in [0.15, 0.2) is 18.2 Å². The monoisotopic (exact) mass is 293 g/mol. The highest BCUT2D eigenvalue weighted by molar-refractivity contribution is 5.82. The van der Waals surface area contributed by atoms with Crippen LogP contribution < -0.4 is 5.32 Å². The van der Waals surface area contributed by atoms with Crippen molar-refractivity contribution in [2.45, 2.75) is 25.4 Å². The number of nitro benzene ring substituents is 1. The SMILES string of the molecule is O=C1NCC2C1CCCN2Cc1ccc([N+](=O)[O-])c(F)c1. The van der Waals surface area contributed by atoms with Gasteiger partial charge < -0.3 is 5.32 Å². The molecular weight excluding hydrogens is 277 g/mol. The number of hydrogen-bond donors (Lipinski definition) is 1. The van der Waals surface area contributed by atoms with E-state index in [1.807, 2.05) is 0 Å². The number of hydrogen-bond acceptors (Lipinski definition) is 4. The first-order chi connectivity index (χ1) is 10.1. The lowest BCUT2D eigenvalue weighted by atomic mass is 9.91. The van der Waals surface area contributed by atoms with Crippen LogP contribution in [0.2, 0.25) is 0 Å². The van der Waals surface area contributed by atoms with Crippen molar-refractivity contribution in [2.24, 2.45) is 5.92 Å². The van der Waals surface area contributed by atoms with Crippen LogP contribution in [0.25, 0.3) is 0 Å². The number of fused-ring (bicyclic) bond motifs is 1. The first kappa shape index (κ1) is 13.9. The third-order valence-corrected chi connectivity index (χ3v) is 4.31. The first-order valence-electron chi connectivity index (χ1n) is 7.01. The number of piperidine rings is 1. The Hall–Kier alpha value is -2.02. The number of halogens is 1. The number of carbonyl (C=O) groups excluding carboxylic acids is 1. The predicted molar refractivity (Wildman–Crippen MR) is 73.0 cm³/mol. The second-order valence-electron chi connectivity index (χ2n) is 5.57. The molecule has 2 fully saturated rings. The number of nitrogens with one attached hydrogen (secondary N) is 1. The third kappa shape index (κ3) is 2.61. The number of likely N-dealkylation sites (tertiary alicyclic amines) is 1. The van der Waals surface area contributed by atoms with Gasteiger partial charge in [-0.05, 0) is 31.0 Å². The molecule has 0 aromatic heterocycles. The smallest absolute Gasteiger partial charge is 0.304 e. The first-order valence-corrected chi connectivity index (χ1v) is 7.01. The Morgan fingerprint density at radius 1 is 1.48 bits per heavy atom. The van der Waals surface area contributed by atoms with Crippen molar-refractivity contribution < 1.29 is 14.1 Å². The summed E-state index contributed by atoms with van der Waals surface area (Å²) < 4.78 is 13.7. The number of rotatable bonds is 3. The van der Waals surface area contributed by atoms with Gasteiger partial charge in [0.15, 0.2) is 0 Å². The summed E-state index contributed by atoms with van der Waals surface area (Å²) in [7, 11) is 0. The van der Waals surface area contributed by atoms with Gasteiger partial charge in [-0.25, -0.2) is 0 Å². The highest BCUT2D eigenvalue weighted by Crippen LogP contribution is 2.29. The number of nitrogens with zero attached hydrogens (tertiary/aromatic N) is 2. The van der Waals surface area contributed by atoms with Crippen molar-refractivity contribution in [2.75, 3.05) is 13.1 Å². The van der Waals surface area contributed by atoms with Crippen LogP contribution in [0.4, 0.5) is 10.1 Å². The molecule has 0 bridgehead atoms. The van der Waals surface area contributed by atoms with E-state index < -0.39 is 16.4 Å². The molecular formula is C14H16FN3O3. The summed E-state index contributed by atoms with van der Waals surface area (Å²) in [5, 5.41) is 13.5. The average Bonchev–Trinajstić information content (AvgIpc) is 2.81. The van der Waals surface area contributed by atoms with E-state index in [9.17, 15) is 19.3 Å². The molecule has 6 nitrogen and oxygen atoms in total. The molecule has 2 aliphatic heterocycles. The van der Waals surface area contributed by atoms with E-state index in [2.05, 4.69) is 10.2 Å². The predicted octanol–water partition coefficient (Wildman–Crippen LogP) is 1.44. The van der Waals surface area contributed by atoms with Crippen LogP contribution in [0.5, 0.6) is 0 Å². The molecule has 0 saturated carbocycles. The summed E-state index contributed by atoms with van der Waals surface area (Å²) in [6.07, 6.45) is 1.83. The van der Waals surface area contributed by atoms with E-state index in [4.69, 9.17) is 0 Å². The van der Waals surface area contributed by atoms with E-state index in [0.29, 0.717) is 18.7 Å². The summed E-state index contributed by atoms with van der Waals surface area (Å²) in [4.78, 5) is 23.8. The number of carbonyl (C=O) groups is 1. The summed E-state index contributed by atoms with van der Waals surface area (Å²) in [6.45, 7) is 1.98. The molecule has 112 valence electrons. The fourth-order valence-electron chi connectivity index (χ4n) is 3.27. The van der Waals surface area contributed by atoms with Crippen LogP contribution in [0.1, 0.15) is 18.4 Å². The number of nitro groups is 1. The van der Waals surface area contributed by atoms with Gasteiger partial charge in [0, 0.05) is 25.2 Å². The molecule has 0 spiro atoms. The van der Waals surface area contributed by atoms with Crippen LogP contribution in [0.3, 0.4) is 0 Å². The van der Waals surface area contributed by atoms with E-state index in [1.165, 1.54) is 12.1 Å². The maximum absolute atomic E-state index is 13.7. The van der Waals surface area contributed by atoms with Crippen LogP contribution in [-0.2, 0) is 11.3 Å². The normalized spacial score (nSPS) is 25.5. The molecule has 7 heteroatoms. The van der Waals surface area contributed by atoms with Gasteiger partial charge in [-0.15, -0.1) is 0 Å². The van der Waals surface area contributed by atoms with Gasteiger partial charge in [0.2, 0.25) is 11.7 Å². The molecule has 0 radical (unpaired) electrons. The van der Waals surface area contributed by atoms with Gasteiger partial charge in [-0.2, -0.15) is 4.39 Å². The highest BCUT2D eigenvalue weighted by atomic mass is 19.1. The van der Waals surface area contributed by atoms with Gasteiger partial charge in [0.1, 0.15) is 0 Å². The van der Waals surface area contributed by atoms with Crippen molar-refractivity contribution in [1.82, 2.24) is 10.2 Å². The Morgan fingerprint density at radius 3 is 3.00 bits per heavy atom. The molecule has 0 aliphatic carbocycles. The Bertz CT molecular complexity index is 593. The summed E-state index contributed by atoms with van der Waals surface area (Å²) in [5.41, 5.74) is 0.186. The minimum atomic E-state index is -0.813. The molecule has 3 rings (SSSR count). The van der Waals surface area contributed by atoms with Gasteiger partial charge in [0.05, 0.1) is 10.8 Å². The van der Waals surface area contributed by atoms with Crippen molar-refractivity contribution in [3.63, 3.8) is 0 Å². The summed E-state index contributed by atoms with van der Waals surface area (Å²) in [5.74, 6) is -0.701. The fourth-order valence-corrected chi connectivity index (χ4v) is 3.27. The van der Waals surface area contributed by atoms with Gasteiger partial charge in [-0.3, -0.25) is 19.8 Å². The molecule has 2 aliphatic rings. The Balaban J connectivity index is 1.75. The second-order valence-corrected chi connectivity index (χ2v) is 5.57. The average molecular weight is 293 g/mol. The van der Waals surface area contributed by atoms with Gasteiger partial charge in [-0.1, -0.05) is 6.07 Å². The van der Waals surface area contributed by atoms with Crippen LogP contribution in [-0.4, -0.2) is 34.9 Å². The number of amides is 1. The third-order valence-electron chi connectivity index (χ3n) is 4.31. The lowest BCUT2D eigenvalue weighted by molar-refractivity contribution is -0.387. The van der Waals surface area contributed by atoms with Crippen molar-refractivity contribution >= 4 is 11.6 Å². The van der Waals surface area contributed by atoms with E-state index in [0.717, 1.165) is 19.4 Å².